The van der Waals surface area contributed by atoms with E-state index in [1.54, 1.807) is 18.2 Å². The number of aromatic nitrogens is 3. The van der Waals surface area contributed by atoms with Gasteiger partial charge in [-0.15, -0.1) is 0 Å². The van der Waals surface area contributed by atoms with Crippen molar-refractivity contribution in [1.82, 2.24) is 19.2 Å². The summed E-state index contributed by atoms with van der Waals surface area (Å²) in [6.45, 7) is 5.78. The van der Waals surface area contributed by atoms with E-state index in [2.05, 4.69) is 14.6 Å². The normalized spacial score (nSPS) is 14.3. The lowest BCUT2D eigenvalue weighted by atomic mass is 10.1. The summed E-state index contributed by atoms with van der Waals surface area (Å²) in [6.07, 6.45) is 2.32. The van der Waals surface area contributed by atoms with Crippen LogP contribution < -0.4 is 0 Å². The van der Waals surface area contributed by atoms with E-state index in [4.69, 9.17) is 12.2 Å². The largest absolute Gasteiger partial charge is 0.301 e. The van der Waals surface area contributed by atoms with E-state index in [9.17, 15) is 10.1 Å². The summed E-state index contributed by atoms with van der Waals surface area (Å²) in [5, 5.41) is 15.7. The Morgan fingerprint density at radius 2 is 2.12 bits per heavy atom. The summed E-state index contributed by atoms with van der Waals surface area (Å²) in [5.41, 5.74) is 0.855. The molecule has 0 unspecified atom stereocenters. The molecule has 24 heavy (non-hydrogen) atoms. The molecule has 0 N–H and O–H groups in total. The van der Waals surface area contributed by atoms with Crippen LogP contribution in [0.15, 0.2) is 24.3 Å². The predicted octanol–water partition coefficient (Wildman–Crippen LogP) is 3.45. The Morgan fingerprint density at radius 3 is 2.75 bits per heavy atom. The molecule has 1 aliphatic carbocycles. The molecule has 1 heterocycles. The molecule has 8 heteroatoms. The number of nitrogens with zero attached hydrogens (tertiary/aromatic N) is 5. The molecule has 1 saturated carbocycles. The molecule has 1 aliphatic rings. The van der Waals surface area contributed by atoms with Crippen molar-refractivity contribution in [2.75, 3.05) is 6.54 Å². The first-order valence-corrected chi connectivity index (χ1v) is 8.52. The average Bonchev–Trinajstić information content (AvgIpc) is 3.34. The third-order valence-corrected chi connectivity index (χ3v) is 4.72. The highest BCUT2D eigenvalue weighted by Gasteiger charge is 2.27. The molecule has 128 valence electrons. The van der Waals surface area contributed by atoms with Gasteiger partial charge in [-0.05, 0) is 38.5 Å². The van der Waals surface area contributed by atoms with E-state index in [-0.39, 0.29) is 10.6 Å². The van der Waals surface area contributed by atoms with Crippen molar-refractivity contribution in [3.63, 3.8) is 0 Å². The first kappa shape index (κ1) is 16.8. The fourth-order valence-corrected chi connectivity index (χ4v) is 3.27. The Bertz CT molecular complexity index is 809. The fraction of sp³-hybridized carbons (Fsp3) is 0.500. The van der Waals surface area contributed by atoms with E-state index in [0.717, 1.165) is 30.0 Å². The van der Waals surface area contributed by atoms with Crippen molar-refractivity contribution in [1.29, 1.82) is 0 Å². The first-order chi connectivity index (χ1) is 11.5. The van der Waals surface area contributed by atoms with E-state index in [1.165, 1.54) is 0 Å². The molecule has 0 radical (unpaired) electrons. The van der Waals surface area contributed by atoms with Crippen LogP contribution in [0.2, 0.25) is 0 Å². The fourth-order valence-electron chi connectivity index (χ4n) is 2.89. The second-order valence-electron chi connectivity index (χ2n) is 6.10. The van der Waals surface area contributed by atoms with Crippen LogP contribution in [0.5, 0.6) is 0 Å². The molecule has 0 atom stereocenters. The van der Waals surface area contributed by atoms with Gasteiger partial charge in [-0.25, -0.2) is 4.68 Å². The molecular formula is C16H21N5O2S. The van der Waals surface area contributed by atoms with E-state index in [1.807, 2.05) is 24.6 Å². The monoisotopic (exact) mass is 347 g/mol. The van der Waals surface area contributed by atoms with Crippen molar-refractivity contribution < 1.29 is 4.92 Å². The quantitative estimate of drug-likeness (QED) is 0.436. The topological polar surface area (TPSA) is 69.1 Å². The molecule has 0 spiro atoms. The minimum absolute atomic E-state index is 0.152. The Morgan fingerprint density at radius 1 is 1.42 bits per heavy atom. The standard InChI is InChI=1S/C16H21N5O2S/c1-3-18(10-13-6-4-5-7-15(13)21(22)23)11-19-16(24)20(12(2)17-19)14-8-9-14/h4-7,14H,3,8-11H2,1-2H3. The number of hydrogen-bond donors (Lipinski definition) is 0. The van der Waals surface area contributed by atoms with Crippen molar-refractivity contribution in [2.24, 2.45) is 0 Å². The van der Waals surface area contributed by atoms with Crippen molar-refractivity contribution in [3.8, 4) is 0 Å². The molecule has 0 amide bonds. The number of nitro benzene ring substituents is 1. The number of benzene rings is 1. The molecule has 3 rings (SSSR count). The highest BCUT2D eigenvalue weighted by atomic mass is 32.1. The third-order valence-electron chi connectivity index (χ3n) is 4.32. The summed E-state index contributed by atoms with van der Waals surface area (Å²) in [6, 6.07) is 7.36. The second-order valence-corrected chi connectivity index (χ2v) is 6.47. The van der Waals surface area contributed by atoms with Gasteiger partial charge >= 0.3 is 0 Å². The van der Waals surface area contributed by atoms with Gasteiger partial charge in [0.1, 0.15) is 5.82 Å². The summed E-state index contributed by atoms with van der Waals surface area (Å²) < 4.78 is 4.67. The number of rotatable bonds is 7. The molecule has 7 nitrogen and oxygen atoms in total. The lowest BCUT2D eigenvalue weighted by molar-refractivity contribution is -0.385. The van der Waals surface area contributed by atoms with E-state index < -0.39 is 0 Å². The van der Waals surface area contributed by atoms with Crippen molar-refractivity contribution >= 4 is 17.9 Å². The van der Waals surface area contributed by atoms with Crippen molar-refractivity contribution in [2.45, 2.75) is 45.9 Å². The summed E-state index contributed by atoms with van der Waals surface area (Å²) in [5.74, 6) is 0.934. The first-order valence-electron chi connectivity index (χ1n) is 8.11. The highest BCUT2D eigenvalue weighted by Crippen LogP contribution is 2.36. The van der Waals surface area contributed by atoms with Crippen LogP contribution in [0.25, 0.3) is 0 Å². The number of aryl methyl sites for hydroxylation is 1. The maximum Gasteiger partial charge on any atom is 0.273 e. The molecule has 0 bridgehead atoms. The number of nitro groups is 1. The van der Waals surface area contributed by atoms with E-state index in [0.29, 0.717) is 24.8 Å². The minimum Gasteiger partial charge on any atom is -0.301 e. The summed E-state index contributed by atoms with van der Waals surface area (Å²) >= 11 is 5.56. The Labute approximate surface area is 145 Å². The minimum atomic E-state index is -0.333. The highest BCUT2D eigenvalue weighted by molar-refractivity contribution is 7.71. The van der Waals surface area contributed by atoms with Gasteiger partial charge in [-0.2, -0.15) is 5.10 Å². The van der Waals surface area contributed by atoms with Gasteiger partial charge < -0.3 is 4.57 Å². The molecule has 1 aromatic heterocycles. The molecule has 1 fully saturated rings. The summed E-state index contributed by atoms with van der Waals surface area (Å²) in [7, 11) is 0. The zero-order valence-corrected chi connectivity index (χ0v) is 14.7. The molecule has 0 aliphatic heterocycles. The SMILES string of the molecule is CCN(Cc1ccccc1[N+](=O)[O-])Cn1nc(C)n(C2CC2)c1=S. The lowest BCUT2D eigenvalue weighted by Crippen LogP contribution is -2.27. The molecule has 2 aromatic rings. The third kappa shape index (κ3) is 3.39. The Balaban J connectivity index is 1.80. The van der Waals surface area contributed by atoms with Crippen LogP contribution >= 0.6 is 12.2 Å². The van der Waals surface area contributed by atoms with E-state index >= 15 is 0 Å². The van der Waals surface area contributed by atoms with Crippen LogP contribution in [-0.4, -0.2) is 30.7 Å². The molecule has 0 saturated heterocycles. The van der Waals surface area contributed by atoms with Gasteiger partial charge in [0.25, 0.3) is 5.69 Å². The maximum atomic E-state index is 11.2. The van der Waals surface area contributed by atoms with Gasteiger partial charge in [0.05, 0.1) is 11.6 Å². The van der Waals surface area contributed by atoms with Gasteiger partial charge in [0, 0.05) is 24.2 Å². The summed E-state index contributed by atoms with van der Waals surface area (Å²) in [4.78, 5) is 12.9. The van der Waals surface area contributed by atoms with Gasteiger partial charge in [0.2, 0.25) is 0 Å². The Kier molecular flexibility index (Phi) is 4.77. The van der Waals surface area contributed by atoms with Gasteiger partial charge in [-0.1, -0.05) is 25.1 Å². The van der Waals surface area contributed by atoms with Gasteiger partial charge in [-0.3, -0.25) is 15.0 Å². The van der Waals surface area contributed by atoms with Crippen LogP contribution in [0.3, 0.4) is 0 Å². The molecular weight excluding hydrogens is 326 g/mol. The van der Waals surface area contributed by atoms with Crippen LogP contribution in [0.1, 0.15) is 37.2 Å². The van der Waals surface area contributed by atoms with Crippen LogP contribution in [0.4, 0.5) is 5.69 Å². The number of para-hydroxylation sites is 1. The zero-order valence-electron chi connectivity index (χ0n) is 13.9. The van der Waals surface area contributed by atoms with Crippen LogP contribution in [-0.2, 0) is 13.2 Å². The zero-order chi connectivity index (χ0) is 17.3. The Hall–Kier alpha value is -2.06. The smallest absolute Gasteiger partial charge is 0.273 e. The molecule has 1 aromatic carbocycles. The second kappa shape index (κ2) is 6.82. The van der Waals surface area contributed by atoms with Crippen LogP contribution in [0, 0.1) is 21.8 Å². The average molecular weight is 347 g/mol. The predicted molar refractivity (Wildman–Crippen MR) is 93.2 cm³/mol. The number of hydrogen-bond acceptors (Lipinski definition) is 5. The maximum absolute atomic E-state index is 11.2. The van der Waals surface area contributed by atoms with Gasteiger partial charge in [0.15, 0.2) is 4.77 Å². The van der Waals surface area contributed by atoms with Crippen molar-refractivity contribution in [3.05, 3.63) is 50.5 Å². The lowest BCUT2D eigenvalue weighted by Gasteiger charge is -2.20.